The van der Waals surface area contributed by atoms with Gasteiger partial charge in [-0.15, -0.1) is 10.2 Å². The summed E-state index contributed by atoms with van der Waals surface area (Å²) in [6.45, 7) is 0.336. The summed E-state index contributed by atoms with van der Waals surface area (Å²) in [5.74, 6) is 1.21. The lowest BCUT2D eigenvalue weighted by Gasteiger charge is -2.05. The normalized spacial score (nSPS) is 10.5. The van der Waals surface area contributed by atoms with E-state index in [9.17, 15) is 0 Å². The van der Waals surface area contributed by atoms with Gasteiger partial charge in [0.15, 0.2) is 6.61 Å². The molecule has 5 nitrogen and oxygen atoms in total. The highest BCUT2D eigenvalue weighted by Crippen LogP contribution is 2.27. The molecule has 90 valence electrons. The van der Waals surface area contributed by atoms with Gasteiger partial charge in [0.2, 0.25) is 5.89 Å². The van der Waals surface area contributed by atoms with E-state index >= 15 is 0 Å². The number of nitrogens with zero attached hydrogens (tertiary/aromatic N) is 2. The van der Waals surface area contributed by atoms with Crippen LogP contribution >= 0.6 is 23.2 Å². The molecule has 0 amide bonds. The topological polar surface area (TPSA) is 74.2 Å². The van der Waals surface area contributed by atoms with Gasteiger partial charge in [-0.2, -0.15) is 0 Å². The van der Waals surface area contributed by atoms with Crippen LogP contribution in [0.3, 0.4) is 0 Å². The molecule has 0 aliphatic heterocycles. The summed E-state index contributed by atoms with van der Waals surface area (Å²) in [5.41, 5.74) is 5.34. The summed E-state index contributed by atoms with van der Waals surface area (Å²) in [5, 5.41) is 8.44. The summed E-state index contributed by atoms with van der Waals surface area (Å²) >= 11 is 11.7. The van der Waals surface area contributed by atoms with Crippen molar-refractivity contribution in [2.45, 2.75) is 13.2 Å². The van der Waals surface area contributed by atoms with Gasteiger partial charge in [-0.05, 0) is 18.2 Å². The van der Waals surface area contributed by atoms with Crippen LogP contribution in [0, 0.1) is 0 Å². The molecular formula is C10H9Cl2N3O2. The molecule has 0 fully saturated rings. The van der Waals surface area contributed by atoms with E-state index in [1.807, 2.05) is 0 Å². The van der Waals surface area contributed by atoms with E-state index in [0.717, 1.165) is 0 Å². The number of halogens is 2. The zero-order valence-corrected chi connectivity index (χ0v) is 10.2. The molecule has 7 heteroatoms. The predicted octanol–water partition coefficient (Wildman–Crippen LogP) is 2.41. The second-order valence-electron chi connectivity index (χ2n) is 3.16. The van der Waals surface area contributed by atoms with Crippen LogP contribution in [-0.2, 0) is 13.2 Å². The van der Waals surface area contributed by atoms with E-state index in [0.29, 0.717) is 27.6 Å². The Morgan fingerprint density at radius 3 is 2.65 bits per heavy atom. The van der Waals surface area contributed by atoms with Crippen molar-refractivity contribution in [1.29, 1.82) is 0 Å². The minimum atomic E-state index is 0.133. The van der Waals surface area contributed by atoms with Crippen LogP contribution in [0.2, 0.25) is 10.0 Å². The Hall–Kier alpha value is -1.30. The lowest BCUT2D eigenvalue weighted by molar-refractivity contribution is 0.259. The Morgan fingerprint density at radius 2 is 2.00 bits per heavy atom. The van der Waals surface area contributed by atoms with Crippen LogP contribution in [0.15, 0.2) is 22.6 Å². The molecule has 0 radical (unpaired) electrons. The molecule has 2 N–H and O–H groups in total. The first-order chi connectivity index (χ1) is 8.19. The van der Waals surface area contributed by atoms with Crippen LogP contribution < -0.4 is 10.5 Å². The number of benzene rings is 1. The standard InChI is InChI=1S/C10H9Cl2N3O2/c11-6-1-2-8(7(12)3-6)16-5-10-15-14-9(4-13)17-10/h1-3H,4-5,13H2. The number of hydrogen-bond donors (Lipinski definition) is 1. The van der Waals surface area contributed by atoms with Gasteiger partial charge < -0.3 is 14.9 Å². The van der Waals surface area contributed by atoms with Gasteiger partial charge >= 0.3 is 0 Å². The molecule has 0 atom stereocenters. The Balaban J connectivity index is 2.02. The molecule has 2 aromatic rings. The number of nitrogens with two attached hydrogens (primary N) is 1. The second-order valence-corrected chi connectivity index (χ2v) is 4.00. The lowest BCUT2D eigenvalue weighted by Crippen LogP contribution is -1.96. The zero-order chi connectivity index (χ0) is 12.3. The molecule has 1 aromatic heterocycles. The first kappa shape index (κ1) is 12.2. The highest BCUT2D eigenvalue weighted by Gasteiger charge is 2.07. The molecule has 0 bridgehead atoms. The van der Waals surface area contributed by atoms with Gasteiger partial charge in [-0.25, -0.2) is 0 Å². The van der Waals surface area contributed by atoms with Gasteiger partial charge in [0.05, 0.1) is 11.6 Å². The summed E-state index contributed by atoms with van der Waals surface area (Å²) < 4.78 is 10.6. The van der Waals surface area contributed by atoms with Crippen LogP contribution in [0.5, 0.6) is 5.75 Å². The summed E-state index contributed by atoms with van der Waals surface area (Å²) in [6.07, 6.45) is 0. The number of ether oxygens (including phenoxy) is 1. The van der Waals surface area contributed by atoms with Crippen LogP contribution in [0.25, 0.3) is 0 Å². The van der Waals surface area contributed by atoms with Gasteiger partial charge in [-0.3, -0.25) is 0 Å². The molecule has 0 unspecified atom stereocenters. The van der Waals surface area contributed by atoms with E-state index in [1.165, 1.54) is 0 Å². The number of hydrogen-bond acceptors (Lipinski definition) is 5. The third-order valence-corrected chi connectivity index (χ3v) is 2.46. The van der Waals surface area contributed by atoms with Gasteiger partial charge in [0.1, 0.15) is 5.75 Å². The Labute approximate surface area is 107 Å². The Morgan fingerprint density at radius 1 is 1.24 bits per heavy atom. The zero-order valence-electron chi connectivity index (χ0n) is 8.69. The van der Waals surface area contributed by atoms with E-state index in [2.05, 4.69) is 10.2 Å². The molecule has 17 heavy (non-hydrogen) atoms. The van der Waals surface area contributed by atoms with Crippen molar-refractivity contribution < 1.29 is 9.15 Å². The fourth-order valence-corrected chi connectivity index (χ4v) is 1.62. The molecule has 2 rings (SSSR count). The maximum atomic E-state index is 5.93. The maximum Gasteiger partial charge on any atom is 0.253 e. The van der Waals surface area contributed by atoms with Crippen molar-refractivity contribution in [2.24, 2.45) is 5.73 Å². The van der Waals surface area contributed by atoms with Crippen molar-refractivity contribution in [3.05, 3.63) is 40.0 Å². The summed E-state index contributed by atoms with van der Waals surface area (Å²) in [6, 6.07) is 4.95. The van der Waals surface area contributed by atoms with Gasteiger partial charge in [0.25, 0.3) is 5.89 Å². The van der Waals surface area contributed by atoms with Gasteiger partial charge in [-0.1, -0.05) is 23.2 Å². The fraction of sp³-hybridized carbons (Fsp3) is 0.200. The summed E-state index contributed by atoms with van der Waals surface area (Å²) in [7, 11) is 0. The molecule has 0 aliphatic carbocycles. The molecule has 0 saturated heterocycles. The highest BCUT2D eigenvalue weighted by molar-refractivity contribution is 6.35. The monoisotopic (exact) mass is 273 g/mol. The maximum absolute atomic E-state index is 5.93. The third-order valence-electron chi connectivity index (χ3n) is 1.93. The second kappa shape index (κ2) is 5.35. The first-order valence-electron chi connectivity index (χ1n) is 4.78. The van der Waals surface area contributed by atoms with Crippen LogP contribution in [0.4, 0.5) is 0 Å². The van der Waals surface area contributed by atoms with E-state index in [1.54, 1.807) is 18.2 Å². The van der Waals surface area contributed by atoms with E-state index < -0.39 is 0 Å². The summed E-state index contributed by atoms with van der Waals surface area (Å²) in [4.78, 5) is 0. The lowest BCUT2D eigenvalue weighted by atomic mass is 10.3. The van der Waals surface area contributed by atoms with Crippen LogP contribution in [-0.4, -0.2) is 10.2 Å². The van der Waals surface area contributed by atoms with E-state index in [-0.39, 0.29) is 13.2 Å². The first-order valence-corrected chi connectivity index (χ1v) is 5.54. The van der Waals surface area contributed by atoms with Crippen molar-refractivity contribution in [3.63, 3.8) is 0 Å². The Bertz CT molecular complexity index is 516. The third kappa shape index (κ3) is 3.09. The molecular weight excluding hydrogens is 265 g/mol. The molecule has 0 saturated carbocycles. The highest BCUT2D eigenvalue weighted by atomic mass is 35.5. The average molecular weight is 274 g/mol. The fourth-order valence-electron chi connectivity index (χ4n) is 1.16. The average Bonchev–Trinajstić information content (AvgIpc) is 2.76. The number of rotatable bonds is 4. The minimum Gasteiger partial charge on any atom is -0.482 e. The number of aromatic nitrogens is 2. The molecule has 0 aliphatic rings. The SMILES string of the molecule is NCc1nnc(COc2ccc(Cl)cc2Cl)o1. The largest absolute Gasteiger partial charge is 0.482 e. The van der Waals surface area contributed by atoms with Crippen molar-refractivity contribution in [2.75, 3.05) is 0 Å². The van der Waals surface area contributed by atoms with Crippen LogP contribution in [0.1, 0.15) is 11.8 Å². The molecule has 1 aromatic carbocycles. The van der Waals surface area contributed by atoms with Crippen molar-refractivity contribution in [3.8, 4) is 5.75 Å². The van der Waals surface area contributed by atoms with E-state index in [4.69, 9.17) is 38.1 Å². The van der Waals surface area contributed by atoms with Crippen molar-refractivity contribution in [1.82, 2.24) is 10.2 Å². The van der Waals surface area contributed by atoms with Crippen molar-refractivity contribution >= 4 is 23.2 Å². The molecule has 0 spiro atoms. The smallest absolute Gasteiger partial charge is 0.253 e. The minimum absolute atomic E-state index is 0.133. The Kier molecular flexibility index (Phi) is 3.83. The quantitative estimate of drug-likeness (QED) is 0.926. The molecule has 1 heterocycles. The predicted molar refractivity (Wildman–Crippen MR) is 63.0 cm³/mol. The van der Waals surface area contributed by atoms with Gasteiger partial charge in [0, 0.05) is 5.02 Å².